The fourth-order valence-electron chi connectivity index (χ4n) is 3.31. The highest BCUT2D eigenvalue weighted by Gasteiger charge is 2.39. The van der Waals surface area contributed by atoms with Gasteiger partial charge >= 0.3 is 0 Å². The van der Waals surface area contributed by atoms with Gasteiger partial charge in [-0.2, -0.15) is 5.26 Å². The molecule has 2 aromatic rings. The van der Waals surface area contributed by atoms with Crippen molar-refractivity contribution in [1.82, 2.24) is 0 Å². The summed E-state index contributed by atoms with van der Waals surface area (Å²) in [4.78, 5) is 1.95. The highest BCUT2D eigenvalue weighted by atomic mass is 35.5. The van der Waals surface area contributed by atoms with E-state index in [4.69, 9.17) is 31.2 Å². The fourth-order valence-corrected chi connectivity index (χ4v) is 3.58. The summed E-state index contributed by atoms with van der Waals surface area (Å²) in [5, 5.41) is 18.3. The summed E-state index contributed by atoms with van der Waals surface area (Å²) in [5.41, 5.74) is 2.48. The van der Waals surface area contributed by atoms with Crippen molar-refractivity contribution in [3.8, 4) is 23.3 Å². The van der Waals surface area contributed by atoms with Crippen molar-refractivity contribution in [2.24, 2.45) is 5.92 Å². The van der Waals surface area contributed by atoms with Crippen LogP contribution in [0.25, 0.3) is 0 Å². The zero-order valence-electron chi connectivity index (χ0n) is 14.2. The van der Waals surface area contributed by atoms with Crippen LogP contribution in [0.4, 0.5) is 5.69 Å². The standard InChI is InChI=1S/C19H16ClN3O3/c1-23(2)10-3-4-11-15(5-10)26-19(22)13(8-21)18(11)12-6-16-17(7-14(12)20)25-9-24-16/h3-7,13,18,22H,9H2,1-2H3. The van der Waals surface area contributed by atoms with E-state index in [0.717, 1.165) is 16.8 Å². The van der Waals surface area contributed by atoms with Crippen LogP contribution in [0, 0.1) is 22.7 Å². The first kappa shape index (κ1) is 16.6. The largest absolute Gasteiger partial charge is 0.454 e. The maximum atomic E-state index is 9.67. The molecule has 0 saturated carbocycles. The zero-order valence-corrected chi connectivity index (χ0v) is 15.0. The van der Waals surface area contributed by atoms with E-state index in [-0.39, 0.29) is 12.7 Å². The lowest BCUT2D eigenvalue weighted by Gasteiger charge is -2.31. The Morgan fingerprint density at radius 2 is 1.85 bits per heavy atom. The van der Waals surface area contributed by atoms with Crippen LogP contribution in [0.1, 0.15) is 17.0 Å². The summed E-state index contributed by atoms with van der Waals surface area (Å²) in [5.74, 6) is 0.448. The minimum absolute atomic E-state index is 0.0883. The maximum Gasteiger partial charge on any atom is 0.231 e. The van der Waals surface area contributed by atoms with Crippen molar-refractivity contribution in [2.75, 3.05) is 25.8 Å². The number of anilines is 1. The Hall–Kier alpha value is -2.91. The molecule has 26 heavy (non-hydrogen) atoms. The van der Waals surface area contributed by atoms with E-state index in [1.54, 1.807) is 12.1 Å². The van der Waals surface area contributed by atoms with Gasteiger partial charge in [0.05, 0.1) is 6.07 Å². The van der Waals surface area contributed by atoms with Crippen molar-refractivity contribution in [2.45, 2.75) is 5.92 Å². The number of hydrogen-bond donors (Lipinski definition) is 1. The molecule has 0 bridgehead atoms. The van der Waals surface area contributed by atoms with Crippen LogP contribution >= 0.6 is 11.6 Å². The molecule has 2 heterocycles. The van der Waals surface area contributed by atoms with Gasteiger partial charge in [0.1, 0.15) is 11.7 Å². The third kappa shape index (κ3) is 2.52. The van der Waals surface area contributed by atoms with Gasteiger partial charge in [0, 0.05) is 48.4 Å². The number of nitrogens with zero attached hydrogens (tertiary/aromatic N) is 2. The summed E-state index contributed by atoms with van der Waals surface area (Å²) >= 11 is 6.49. The Kier molecular flexibility index (Phi) is 3.89. The number of nitrogens with one attached hydrogen (secondary N) is 1. The molecule has 2 aromatic carbocycles. The van der Waals surface area contributed by atoms with Gasteiger partial charge in [0.15, 0.2) is 11.5 Å². The van der Waals surface area contributed by atoms with Crippen LogP contribution in [0.3, 0.4) is 0 Å². The van der Waals surface area contributed by atoms with Gasteiger partial charge in [-0.25, -0.2) is 0 Å². The molecule has 2 atom stereocenters. The monoisotopic (exact) mass is 369 g/mol. The van der Waals surface area contributed by atoms with E-state index in [9.17, 15) is 5.26 Å². The molecule has 0 radical (unpaired) electrons. The zero-order chi connectivity index (χ0) is 18.4. The molecule has 6 nitrogen and oxygen atoms in total. The minimum Gasteiger partial charge on any atom is -0.454 e. The maximum absolute atomic E-state index is 9.67. The molecule has 7 heteroatoms. The molecular weight excluding hydrogens is 354 g/mol. The number of fused-ring (bicyclic) bond motifs is 2. The van der Waals surface area contributed by atoms with E-state index in [0.29, 0.717) is 22.3 Å². The predicted octanol–water partition coefficient (Wildman–Crippen LogP) is 3.78. The first-order chi connectivity index (χ1) is 12.5. The van der Waals surface area contributed by atoms with Gasteiger partial charge in [0.2, 0.25) is 12.7 Å². The lowest BCUT2D eigenvalue weighted by Crippen LogP contribution is -2.31. The van der Waals surface area contributed by atoms with Crippen molar-refractivity contribution in [3.05, 3.63) is 46.5 Å². The molecule has 4 rings (SSSR count). The summed E-state index contributed by atoms with van der Waals surface area (Å²) in [6.45, 7) is 0.142. The number of nitriles is 1. The topological polar surface area (TPSA) is 78.6 Å². The number of halogens is 1. The van der Waals surface area contributed by atoms with E-state index in [1.807, 2.05) is 37.2 Å². The lowest BCUT2D eigenvalue weighted by atomic mass is 9.79. The molecule has 0 spiro atoms. The van der Waals surface area contributed by atoms with Crippen LogP contribution in [0.2, 0.25) is 5.02 Å². The SMILES string of the molecule is CN(C)c1ccc2c(c1)OC(=N)C(C#N)C2c1cc2c(cc1Cl)OCO2. The van der Waals surface area contributed by atoms with Crippen molar-refractivity contribution >= 4 is 23.2 Å². The molecule has 1 N–H and O–H groups in total. The minimum atomic E-state index is -0.773. The van der Waals surface area contributed by atoms with Gasteiger partial charge < -0.3 is 19.1 Å². The molecule has 0 aliphatic carbocycles. The first-order valence-electron chi connectivity index (χ1n) is 8.06. The van der Waals surface area contributed by atoms with Crippen LogP contribution in [-0.4, -0.2) is 26.8 Å². The molecule has 0 aromatic heterocycles. The van der Waals surface area contributed by atoms with Gasteiger partial charge in [0.25, 0.3) is 0 Å². The Morgan fingerprint density at radius 3 is 2.54 bits per heavy atom. The average molecular weight is 370 g/mol. The van der Waals surface area contributed by atoms with Crippen LogP contribution in [-0.2, 0) is 0 Å². The summed E-state index contributed by atoms with van der Waals surface area (Å²) in [6, 6.07) is 11.4. The smallest absolute Gasteiger partial charge is 0.231 e. The number of ether oxygens (including phenoxy) is 3. The van der Waals surface area contributed by atoms with Crippen molar-refractivity contribution in [1.29, 1.82) is 10.7 Å². The van der Waals surface area contributed by atoms with E-state index in [1.165, 1.54) is 0 Å². The molecule has 0 amide bonds. The Balaban J connectivity index is 1.90. The van der Waals surface area contributed by atoms with E-state index >= 15 is 0 Å². The summed E-state index contributed by atoms with van der Waals surface area (Å²) in [7, 11) is 3.86. The number of rotatable bonds is 2. The third-order valence-electron chi connectivity index (χ3n) is 4.65. The van der Waals surface area contributed by atoms with Crippen LogP contribution in [0.15, 0.2) is 30.3 Å². The van der Waals surface area contributed by atoms with Gasteiger partial charge in [-0.05, 0) is 17.7 Å². The molecule has 132 valence electrons. The first-order valence-corrected chi connectivity index (χ1v) is 8.43. The second kappa shape index (κ2) is 6.11. The average Bonchev–Trinajstić information content (AvgIpc) is 3.06. The fraction of sp³-hybridized carbons (Fsp3) is 0.263. The molecule has 2 aliphatic rings. The van der Waals surface area contributed by atoms with Gasteiger partial charge in [-0.15, -0.1) is 0 Å². The quantitative estimate of drug-likeness (QED) is 0.871. The van der Waals surface area contributed by atoms with E-state index in [2.05, 4.69) is 6.07 Å². The molecule has 2 aliphatic heterocycles. The van der Waals surface area contributed by atoms with E-state index < -0.39 is 11.8 Å². The van der Waals surface area contributed by atoms with Gasteiger partial charge in [-0.1, -0.05) is 17.7 Å². The van der Waals surface area contributed by atoms with Crippen LogP contribution < -0.4 is 19.1 Å². The lowest BCUT2D eigenvalue weighted by molar-refractivity contribution is 0.174. The highest BCUT2D eigenvalue weighted by Crippen LogP contribution is 2.48. The van der Waals surface area contributed by atoms with Crippen molar-refractivity contribution in [3.63, 3.8) is 0 Å². The Labute approximate surface area is 156 Å². The molecule has 0 saturated heterocycles. The Morgan fingerprint density at radius 1 is 1.12 bits per heavy atom. The molecule has 0 fully saturated rings. The Bertz CT molecular complexity index is 952. The highest BCUT2D eigenvalue weighted by molar-refractivity contribution is 6.31. The normalized spacial score (nSPS) is 20.2. The number of benzene rings is 2. The molecular formula is C19H16ClN3O3. The number of hydrogen-bond acceptors (Lipinski definition) is 6. The molecule has 2 unspecified atom stereocenters. The summed E-state index contributed by atoms with van der Waals surface area (Å²) < 4.78 is 16.5. The summed E-state index contributed by atoms with van der Waals surface area (Å²) in [6.07, 6.45) is 0. The second-order valence-corrected chi connectivity index (χ2v) is 6.80. The third-order valence-corrected chi connectivity index (χ3v) is 4.98. The van der Waals surface area contributed by atoms with Crippen molar-refractivity contribution < 1.29 is 14.2 Å². The second-order valence-electron chi connectivity index (χ2n) is 6.39. The predicted molar refractivity (Wildman–Crippen MR) is 97.6 cm³/mol. The van der Waals surface area contributed by atoms with Gasteiger partial charge in [-0.3, -0.25) is 5.41 Å². The van der Waals surface area contributed by atoms with Crippen LogP contribution in [0.5, 0.6) is 17.2 Å².